The molecule has 0 aliphatic heterocycles. The van der Waals surface area contributed by atoms with Gasteiger partial charge in [-0.2, -0.15) is 0 Å². The van der Waals surface area contributed by atoms with Gasteiger partial charge in [0.1, 0.15) is 0 Å². The summed E-state index contributed by atoms with van der Waals surface area (Å²) in [6.45, 7) is 0. The lowest BCUT2D eigenvalue weighted by molar-refractivity contribution is 0.796. The second-order valence-corrected chi connectivity index (χ2v) is 5.96. The number of pyridine rings is 1. The third-order valence-corrected chi connectivity index (χ3v) is 4.86. The van der Waals surface area contributed by atoms with Crippen LogP contribution in [0.25, 0.3) is 10.8 Å². The lowest BCUT2D eigenvalue weighted by Gasteiger charge is -2.13. The van der Waals surface area contributed by atoms with Crippen molar-refractivity contribution in [1.82, 2.24) is 9.97 Å². The van der Waals surface area contributed by atoms with Gasteiger partial charge in [0.2, 0.25) is 0 Å². The first-order chi connectivity index (χ1) is 9.33. The van der Waals surface area contributed by atoms with Crippen LogP contribution in [-0.2, 0) is 6.42 Å². The largest absolute Gasteiger partial charge is 0.375 e. The molecule has 19 heavy (non-hydrogen) atoms. The van der Waals surface area contributed by atoms with E-state index in [1.165, 1.54) is 26.9 Å². The molecular formula is C15H13N3S. The summed E-state index contributed by atoms with van der Waals surface area (Å²) in [5, 5.41) is 3.19. The molecule has 2 N–H and O–H groups in total. The molecule has 2 heterocycles. The quantitative estimate of drug-likeness (QED) is 0.735. The van der Waals surface area contributed by atoms with E-state index in [2.05, 4.69) is 34.2 Å². The standard InChI is InChI=1S/C15H13N3S/c16-15-18-13-5-4-12(14(13)19-15)11-3-1-2-9-8-17-7-6-10(9)11/h1-3,6-8,12H,4-5H2,(H2,16,18). The Morgan fingerprint density at radius 2 is 2.21 bits per heavy atom. The van der Waals surface area contributed by atoms with Crippen LogP contribution in [-0.4, -0.2) is 9.97 Å². The molecule has 0 saturated carbocycles. The second kappa shape index (κ2) is 4.03. The maximum Gasteiger partial charge on any atom is 0.180 e. The number of fused-ring (bicyclic) bond motifs is 2. The van der Waals surface area contributed by atoms with E-state index < -0.39 is 0 Å². The maximum absolute atomic E-state index is 5.84. The third-order valence-electron chi connectivity index (χ3n) is 3.82. The summed E-state index contributed by atoms with van der Waals surface area (Å²) in [6, 6.07) is 8.55. The van der Waals surface area contributed by atoms with Gasteiger partial charge >= 0.3 is 0 Å². The molecule has 1 unspecified atom stereocenters. The number of aryl methyl sites for hydroxylation is 1. The van der Waals surface area contributed by atoms with Crippen LogP contribution in [0, 0.1) is 0 Å². The van der Waals surface area contributed by atoms with E-state index in [-0.39, 0.29) is 0 Å². The fourth-order valence-corrected chi connectivity index (χ4v) is 4.03. The van der Waals surface area contributed by atoms with Crippen LogP contribution in [0.3, 0.4) is 0 Å². The van der Waals surface area contributed by atoms with Crippen molar-refractivity contribution >= 4 is 27.2 Å². The predicted octanol–water partition coefficient (Wildman–Crippen LogP) is 3.35. The zero-order valence-corrected chi connectivity index (χ0v) is 11.2. The summed E-state index contributed by atoms with van der Waals surface area (Å²) in [4.78, 5) is 9.98. The van der Waals surface area contributed by atoms with Gasteiger partial charge in [0.15, 0.2) is 5.13 Å². The van der Waals surface area contributed by atoms with Crippen molar-refractivity contribution in [3.8, 4) is 0 Å². The van der Waals surface area contributed by atoms with Gasteiger partial charge < -0.3 is 5.73 Å². The zero-order valence-electron chi connectivity index (χ0n) is 10.3. The summed E-state index contributed by atoms with van der Waals surface area (Å²) in [5.74, 6) is 0.441. The Kier molecular flexibility index (Phi) is 2.32. The molecule has 0 spiro atoms. The number of nitrogens with zero attached hydrogens (tertiary/aromatic N) is 2. The lowest BCUT2D eigenvalue weighted by atomic mass is 9.93. The molecule has 1 atom stereocenters. The number of rotatable bonds is 1. The summed E-state index contributed by atoms with van der Waals surface area (Å²) in [5.41, 5.74) is 8.41. The normalized spacial score (nSPS) is 17.8. The molecule has 3 aromatic rings. The van der Waals surface area contributed by atoms with E-state index in [0.29, 0.717) is 11.0 Å². The van der Waals surface area contributed by atoms with Gasteiger partial charge in [-0.3, -0.25) is 4.98 Å². The molecular weight excluding hydrogens is 254 g/mol. The van der Waals surface area contributed by atoms with Crippen LogP contribution in [0.15, 0.2) is 36.7 Å². The minimum Gasteiger partial charge on any atom is -0.375 e. The molecule has 1 aromatic carbocycles. The minimum atomic E-state index is 0.441. The van der Waals surface area contributed by atoms with Crippen LogP contribution in [0.2, 0.25) is 0 Å². The first-order valence-corrected chi connectivity index (χ1v) is 7.22. The number of anilines is 1. The Morgan fingerprint density at radius 1 is 1.26 bits per heavy atom. The summed E-state index contributed by atoms with van der Waals surface area (Å²) < 4.78 is 0. The summed E-state index contributed by atoms with van der Waals surface area (Å²) in [7, 11) is 0. The van der Waals surface area contributed by atoms with E-state index >= 15 is 0 Å². The van der Waals surface area contributed by atoms with Crippen molar-refractivity contribution in [3.05, 3.63) is 52.8 Å². The number of nitrogen functional groups attached to an aromatic ring is 1. The van der Waals surface area contributed by atoms with E-state index in [4.69, 9.17) is 5.73 Å². The molecule has 0 amide bonds. The lowest BCUT2D eigenvalue weighted by Crippen LogP contribution is -1.96. The topological polar surface area (TPSA) is 51.8 Å². The van der Waals surface area contributed by atoms with E-state index in [0.717, 1.165) is 12.8 Å². The Bertz CT molecular complexity index is 758. The minimum absolute atomic E-state index is 0.441. The molecule has 4 rings (SSSR count). The number of nitrogens with two attached hydrogens (primary N) is 1. The predicted molar refractivity (Wildman–Crippen MR) is 78.4 cm³/mol. The average Bonchev–Trinajstić information content (AvgIpc) is 2.97. The molecule has 0 radical (unpaired) electrons. The van der Waals surface area contributed by atoms with Crippen LogP contribution in [0.1, 0.15) is 28.5 Å². The van der Waals surface area contributed by atoms with Crippen molar-refractivity contribution < 1.29 is 0 Å². The highest BCUT2D eigenvalue weighted by molar-refractivity contribution is 7.15. The van der Waals surface area contributed by atoms with E-state index in [9.17, 15) is 0 Å². The molecule has 3 nitrogen and oxygen atoms in total. The number of thiazole rings is 1. The number of aromatic nitrogens is 2. The first-order valence-electron chi connectivity index (χ1n) is 6.40. The Morgan fingerprint density at radius 3 is 3.16 bits per heavy atom. The van der Waals surface area contributed by atoms with Crippen molar-refractivity contribution in [2.24, 2.45) is 0 Å². The Hall–Kier alpha value is -1.94. The molecule has 0 bridgehead atoms. The maximum atomic E-state index is 5.84. The fourth-order valence-electron chi connectivity index (χ4n) is 2.99. The van der Waals surface area contributed by atoms with Gasteiger partial charge in [-0.1, -0.05) is 18.2 Å². The molecule has 0 saturated heterocycles. The van der Waals surface area contributed by atoms with Gasteiger partial charge in [0.25, 0.3) is 0 Å². The summed E-state index contributed by atoms with van der Waals surface area (Å²) in [6.07, 6.45) is 5.96. The van der Waals surface area contributed by atoms with Crippen molar-refractivity contribution in [2.45, 2.75) is 18.8 Å². The van der Waals surface area contributed by atoms with Crippen LogP contribution < -0.4 is 5.73 Å². The molecule has 2 aromatic heterocycles. The van der Waals surface area contributed by atoms with E-state index in [1.54, 1.807) is 11.3 Å². The van der Waals surface area contributed by atoms with Crippen molar-refractivity contribution in [1.29, 1.82) is 0 Å². The number of hydrogen-bond acceptors (Lipinski definition) is 4. The van der Waals surface area contributed by atoms with Crippen LogP contribution >= 0.6 is 11.3 Å². The summed E-state index contributed by atoms with van der Waals surface area (Å²) >= 11 is 1.64. The second-order valence-electron chi connectivity index (χ2n) is 4.90. The SMILES string of the molecule is Nc1nc2c(s1)C(c1cccc3cnccc13)CC2. The van der Waals surface area contributed by atoms with Crippen LogP contribution in [0.4, 0.5) is 5.13 Å². The van der Waals surface area contributed by atoms with Gasteiger partial charge in [-0.05, 0) is 29.9 Å². The smallest absolute Gasteiger partial charge is 0.180 e. The van der Waals surface area contributed by atoms with Crippen molar-refractivity contribution in [2.75, 3.05) is 5.73 Å². The Labute approximate surface area is 115 Å². The Balaban J connectivity index is 1.92. The van der Waals surface area contributed by atoms with Gasteiger partial charge in [0, 0.05) is 28.6 Å². The molecule has 1 aliphatic carbocycles. The van der Waals surface area contributed by atoms with Gasteiger partial charge in [0.05, 0.1) is 5.69 Å². The highest BCUT2D eigenvalue weighted by Gasteiger charge is 2.28. The van der Waals surface area contributed by atoms with Crippen molar-refractivity contribution in [3.63, 3.8) is 0 Å². The van der Waals surface area contributed by atoms with Gasteiger partial charge in [-0.15, -0.1) is 11.3 Å². The number of benzene rings is 1. The highest BCUT2D eigenvalue weighted by Crippen LogP contribution is 2.43. The molecule has 94 valence electrons. The third kappa shape index (κ3) is 1.64. The molecule has 1 aliphatic rings. The molecule has 0 fully saturated rings. The molecule has 4 heteroatoms. The fraction of sp³-hybridized carbons (Fsp3) is 0.200. The van der Waals surface area contributed by atoms with Gasteiger partial charge in [-0.25, -0.2) is 4.98 Å². The monoisotopic (exact) mass is 267 g/mol. The first kappa shape index (κ1) is 10.9. The zero-order chi connectivity index (χ0) is 12.8. The highest BCUT2D eigenvalue weighted by atomic mass is 32.1. The number of hydrogen-bond donors (Lipinski definition) is 1. The average molecular weight is 267 g/mol. The van der Waals surface area contributed by atoms with E-state index in [1.807, 2.05) is 12.4 Å². The van der Waals surface area contributed by atoms with Crippen LogP contribution in [0.5, 0.6) is 0 Å².